The Bertz CT molecular complexity index is 844. The Morgan fingerprint density at radius 2 is 1.27 bits per heavy atom. The first kappa shape index (κ1) is 20.6. The summed E-state index contributed by atoms with van der Waals surface area (Å²) in [7, 11) is 0. The lowest BCUT2D eigenvalue weighted by atomic mass is 10.0. The van der Waals surface area contributed by atoms with Crippen molar-refractivity contribution in [2.45, 2.75) is 25.7 Å². The molecule has 0 aromatic heterocycles. The van der Waals surface area contributed by atoms with Gasteiger partial charge in [-0.15, -0.1) is 0 Å². The van der Waals surface area contributed by atoms with Gasteiger partial charge in [0.1, 0.15) is 0 Å². The van der Waals surface area contributed by atoms with Crippen molar-refractivity contribution in [3.63, 3.8) is 0 Å². The van der Waals surface area contributed by atoms with Gasteiger partial charge in [0.15, 0.2) is 0 Å². The lowest BCUT2D eigenvalue weighted by molar-refractivity contribution is -0.131. The van der Waals surface area contributed by atoms with E-state index < -0.39 is 0 Å². The van der Waals surface area contributed by atoms with Gasteiger partial charge in [-0.05, 0) is 36.0 Å². The molecule has 5 nitrogen and oxygen atoms in total. The topological polar surface area (TPSA) is 43.9 Å². The van der Waals surface area contributed by atoms with Gasteiger partial charge in [0.25, 0.3) is 0 Å². The van der Waals surface area contributed by atoms with Gasteiger partial charge in [0.2, 0.25) is 11.8 Å². The molecule has 0 saturated carbocycles. The first-order valence-electron chi connectivity index (χ1n) is 11.1. The Morgan fingerprint density at radius 3 is 2.00 bits per heavy atom. The largest absolute Gasteiger partial charge is 0.342 e. The highest BCUT2D eigenvalue weighted by molar-refractivity contribution is 5.79. The zero-order chi connectivity index (χ0) is 20.8. The number of amides is 2. The van der Waals surface area contributed by atoms with Gasteiger partial charge in [0, 0.05) is 39.3 Å². The summed E-state index contributed by atoms with van der Waals surface area (Å²) >= 11 is 0. The predicted molar refractivity (Wildman–Crippen MR) is 119 cm³/mol. The Labute approximate surface area is 179 Å². The molecule has 2 amide bonds. The molecule has 0 radical (unpaired) electrons. The van der Waals surface area contributed by atoms with Crippen molar-refractivity contribution in [2.24, 2.45) is 0 Å². The van der Waals surface area contributed by atoms with Crippen LogP contribution in [0.25, 0.3) is 11.1 Å². The fourth-order valence-corrected chi connectivity index (χ4v) is 4.37. The quantitative estimate of drug-likeness (QED) is 0.768. The van der Waals surface area contributed by atoms with Crippen LogP contribution in [0.15, 0.2) is 54.6 Å². The maximum Gasteiger partial charge on any atom is 0.236 e. The van der Waals surface area contributed by atoms with E-state index in [2.05, 4.69) is 41.3 Å². The number of hydrogen-bond donors (Lipinski definition) is 0. The summed E-state index contributed by atoms with van der Waals surface area (Å²) < 4.78 is 0. The second kappa shape index (κ2) is 9.90. The molecule has 2 aliphatic rings. The summed E-state index contributed by atoms with van der Waals surface area (Å²) in [6.07, 6.45) is 3.61. The highest BCUT2D eigenvalue weighted by Gasteiger charge is 2.23. The molecule has 30 heavy (non-hydrogen) atoms. The van der Waals surface area contributed by atoms with Crippen molar-refractivity contribution in [1.29, 1.82) is 0 Å². The van der Waals surface area contributed by atoms with Crippen molar-refractivity contribution >= 4 is 11.8 Å². The average Bonchev–Trinajstić information content (AvgIpc) is 3.22. The molecule has 2 aromatic rings. The first-order valence-corrected chi connectivity index (χ1v) is 11.1. The monoisotopic (exact) mass is 405 g/mol. The summed E-state index contributed by atoms with van der Waals surface area (Å²) in [5.41, 5.74) is 3.40. The molecule has 0 aliphatic carbocycles. The van der Waals surface area contributed by atoms with Crippen LogP contribution in [0, 0.1) is 0 Å². The molecule has 2 aliphatic heterocycles. The van der Waals surface area contributed by atoms with Crippen LogP contribution in [0.1, 0.15) is 24.8 Å². The second-order valence-electron chi connectivity index (χ2n) is 8.34. The Hall–Kier alpha value is -2.66. The van der Waals surface area contributed by atoms with Gasteiger partial charge < -0.3 is 9.80 Å². The SMILES string of the molecule is O=C(Cc1ccc(-c2ccccc2)cc1)N1CCCN(CC(=O)N2CCCC2)CC1. The lowest BCUT2D eigenvalue weighted by Gasteiger charge is -2.24. The zero-order valence-electron chi connectivity index (χ0n) is 17.6. The summed E-state index contributed by atoms with van der Waals surface area (Å²) in [6, 6.07) is 18.6. The third-order valence-corrected chi connectivity index (χ3v) is 6.18. The van der Waals surface area contributed by atoms with E-state index in [0.29, 0.717) is 19.5 Å². The summed E-state index contributed by atoms with van der Waals surface area (Å²) in [5.74, 6) is 0.418. The number of nitrogens with zero attached hydrogens (tertiary/aromatic N) is 3. The van der Waals surface area contributed by atoms with Gasteiger partial charge in [-0.25, -0.2) is 0 Å². The predicted octanol–water partition coefficient (Wildman–Crippen LogP) is 3.05. The van der Waals surface area contributed by atoms with E-state index in [-0.39, 0.29) is 11.8 Å². The molecule has 0 bridgehead atoms. The molecule has 158 valence electrons. The van der Waals surface area contributed by atoms with Crippen LogP contribution in [-0.4, -0.2) is 72.3 Å². The average molecular weight is 406 g/mol. The Balaban J connectivity index is 1.28. The molecule has 0 N–H and O–H groups in total. The van der Waals surface area contributed by atoms with E-state index in [1.807, 2.05) is 28.0 Å². The number of hydrogen-bond acceptors (Lipinski definition) is 3. The molecule has 0 atom stereocenters. The molecular weight excluding hydrogens is 374 g/mol. The van der Waals surface area contributed by atoms with E-state index in [4.69, 9.17) is 0 Å². The van der Waals surface area contributed by atoms with Crippen LogP contribution in [0.5, 0.6) is 0 Å². The standard InChI is InChI=1S/C25H31N3O2/c29-24(19-21-9-11-23(12-10-21)22-7-2-1-3-8-22)28-16-6-13-26(17-18-28)20-25(30)27-14-4-5-15-27/h1-3,7-12H,4-6,13-20H2. The van der Waals surface area contributed by atoms with Gasteiger partial charge in [0.05, 0.1) is 13.0 Å². The van der Waals surface area contributed by atoms with Crippen molar-refractivity contribution in [3.05, 3.63) is 60.2 Å². The number of likely N-dealkylation sites (tertiary alicyclic amines) is 1. The molecular formula is C25H31N3O2. The lowest BCUT2D eigenvalue weighted by Crippen LogP contribution is -2.41. The zero-order valence-corrected chi connectivity index (χ0v) is 17.6. The van der Waals surface area contributed by atoms with Crippen LogP contribution in [0.3, 0.4) is 0 Å². The van der Waals surface area contributed by atoms with Gasteiger partial charge in [-0.1, -0.05) is 54.6 Å². The minimum atomic E-state index is 0.176. The van der Waals surface area contributed by atoms with E-state index in [1.54, 1.807) is 0 Å². The molecule has 2 fully saturated rings. The molecule has 2 heterocycles. The minimum Gasteiger partial charge on any atom is -0.342 e. The molecule has 2 aromatic carbocycles. The maximum atomic E-state index is 12.8. The minimum absolute atomic E-state index is 0.176. The molecule has 2 saturated heterocycles. The maximum absolute atomic E-state index is 12.8. The van der Waals surface area contributed by atoms with Crippen molar-refractivity contribution < 1.29 is 9.59 Å². The normalized spacial score (nSPS) is 17.7. The third kappa shape index (κ3) is 5.28. The highest BCUT2D eigenvalue weighted by atomic mass is 16.2. The number of carbonyl (C=O) groups is 2. The van der Waals surface area contributed by atoms with E-state index in [1.165, 1.54) is 11.1 Å². The summed E-state index contributed by atoms with van der Waals surface area (Å²) in [6.45, 7) is 5.43. The fraction of sp³-hybridized carbons (Fsp3) is 0.440. The van der Waals surface area contributed by atoms with Gasteiger partial charge >= 0.3 is 0 Å². The molecule has 0 spiro atoms. The van der Waals surface area contributed by atoms with Crippen LogP contribution in [0.2, 0.25) is 0 Å². The van der Waals surface area contributed by atoms with Gasteiger partial charge in [-0.3, -0.25) is 14.5 Å². The molecule has 5 heteroatoms. The van der Waals surface area contributed by atoms with Gasteiger partial charge in [-0.2, -0.15) is 0 Å². The van der Waals surface area contributed by atoms with Crippen LogP contribution in [0.4, 0.5) is 0 Å². The molecule has 4 rings (SSSR count). The third-order valence-electron chi connectivity index (χ3n) is 6.18. The van der Waals surface area contributed by atoms with Crippen molar-refractivity contribution in [1.82, 2.24) is 14.7 Å². The van der Waals surface area contributed by atoms with Crippen molar-refractivity contribution in [3.8, 4) is 11.1 Å². The Kier molecular flexibility index (Phi) is 6.80. The van der Waals surface area contributed by atoms with Crippen LogP contribution < -0.4 is 0 Å². The highest BCUT2D eigenvalue weighted by Crippen LogP contribution is 2.20. The fourth-order valence-electron chi connectivity index (χ4n) is 4.37. The number of carbonyl (C=O) groups excluding carboxylic acids is 2. The van der Waals surface area contributed by atoms with E-state index >= 15 is 0 Å². The van der Waals surface area contributed by atoms with E-state index in [9.17, 15) is 9.59 Å². The number of benzene rings is 2. The van der Waals surface area contributed by atoms with Crippen molar-refractivity contribution in [2.75, 3.05) is 45.8 Å². The Morgan fingerprint density at radius 1 is 0.633 bits per heavy atom. The first-order chi connectivity index (χ1) is 14.7. The smallest absolute Gasteiger partial charge is 0.236 e. The summed E-state index contributed by atoms with van der Waals surface area (Å²) in [5, 5.41) is 0. The second-order valence-corrected chi connectivity index (χ2v) is 8.34. The van der Waals surface area contributed by atoms with Crippen LogP contribution in [-0.2, 0) is 16.0 Å². The van der Waals surface area contributed by atoms with Crippen LogP contribution >= 0.6 is 0 Å². The number of rotatable bonds is 5. The molecule has 0 unspecified atom stereocenters. The summed E-state index contributed by atoms with van der Waals surface area (Å²) in [4.78, 5) is 31.4. The van der Waals surface area contributed by atoms with E-state index in [0.717, 1.165) is 57.5 Å².